The number of aromatic amines is 1. The number of H-pyrrole nitrogens is 1. The molecule has 0 radical (unpaired) electrons. The van der Waals surface area contributed by atoms with Gasteiger partial charge in [0.15, 0.2) is 0 Å². The van der Waals surface area contributed by atoms with Crippen molar-refractivity contribution in [2.24, 2.45) is 5.92 Å². The van der Waals surface area contributed by atoms with E-state index in [0.717, 1.165) is 21.2 Å². The molecule has 122 valence electrons. The van der Waals surface area contributed by atoms with Gasteiger partial charge < -0.3 is 14.5 Å². The minimum absolute atomic E-state index is 0.0921. The Morgan fingerprint density at radius 1 is 1.35 bits per heavy atom. The van der Waals surface area contributed by atoms with E-state index in [1.54, 1.807) is 14.0 Å². The highest BCUT2D eigenvalue weighted by molar-refractivity contribution is 7.99. The van der Waals surface area contributed by atoms with Crippen LogP contribution in [0.4, 0.5) is 0 Å². The van der Waals surface area contributed by atoms with Gasteiger partial charge in [0.1, 0.15) is 5.75 Å². The van der Waals surface area contributed by atoms with E-state index < -0.39 is 0 Å². The molecular weight excluding hydrogens is 334 g/mol. The highest BCUT2D eigenvalue weighted by Crippen LogP contribution is 2.45. The van der Waals surface area contributed by atoms with E-state index >= 15 is 0 Å². The van der Waals surface area contributed by atoms with E-state index in [2.05, 4.69) is 4.98 Å². The standard InChI is InChI=1S/C16H17NO4S2/c1-3-21-15(18)11-8-22-14-13(23-16(19)17-14)12(11)9-4-6-10(20-2)7-5-9/h4-7,11-12H,3,8H2,1-2H3,(H,17,19)/t11-,12+/m1/s1. The topological polar surface area (TPSA) is 68.4 Å². The van der Waals surface area contributed by atoms with Crippen molar-refractivity contribution in [1.82, 2.24) is 4.98 Å². The first-order valence-corrected chi connectivity index (χ1v) is 9.10. The Kier molecular flexibility index (Phi) is 4.77. The maximum atomic E-state index is 12.4. The van der Waals surface area contributed by atoms with Crippen LogP contribution in [0, 0.1) is 5.92 Å². The van der Waals surface area contributed by atoms with Gasteiger partial charge in [0, 0.05) is 16.5 Å². The minimum Gasteiger partial charge on any atom is -0.497 e. The Labute approximate surface area is 142 Å². The molecule has 2 aromatic rings. The second-order valence-corrected chi connectivity index (χ2v) is 7.17. The summed E-state index contributed by atoms with van der Waals surface area (Å²) in [5, 5.41) is 0.862. The van der Waals surface area contributed by atoms with Gasteiger partial charge in [0.05, 0.1) is 24.7 Å². The SMILES string of the molecule is CCOC(=O)[C@@H]1CSc2[nH]c(=O)sc2[C@H]1c1ccc(OC)cc1. The number of methoxy groups -OCH3 is 1. The van der Waals surface area contributed by atoms with Crippen LogP contribution in [0.1, 0.15) is 23.3 Å². The third-order valence-electron chi connectivity index (χ3n) is 3.80. The molecule has 5 nitrogen and oxygen atoms in total. The van der Waals surface area contributed by atoms with E-state index in [1.165, 1.54) is 23.1 Å². The molecule has 0 saturated heterocycles. The molecule has 0 fully saturated rings. The van der Waals surface area contributed by atoms with Crippen LogP contribution >= 0.6 is 23.1 Å². The maximum absolute atomic E-state index is 12.4. The first kappa shape index (κ1) is 16.1. The van der Waals surface area contributed by atoms with Crippen molar-refractivity contribution < 1.29 is 14.3 Å². The molecule has 1 N–H and O–H groups in total. The van der Waals surface area contributed by atoms with Gasteiger partial charge in [-0.05, 0) is 24.6 Å². The number of ether oxygens (including phenoxy) is 2. The molecule has 1 aliphatic heterocycles. The number of carbonyl (C=O) groups excluding carboxylic acids is 1. The zero-order valence-corrected chi connectivity index (χ0v) is 14.5. The smallest absolute Gasteiger partial charge is 0.310 e. The summed E-state index contributed by atoms with van der Waals surface area (Å²) < 4.78 is 10.4. The Morgan fingerprint density at radius 3 is 2.74 bits per heavy atom. The second kappa shape index (κ2) is 6.80. The average molecular weight is 351 g/mol. The van der Waals surface area contributed by atoms with Crippen molar-refractivity contribution in [1.29, 1.82) is 0 Å². The van der Waals surface area contributed by atoms with E-state index in [4.69, 9.17) is 9.47 Å². The molecule has 1 aromatic heterocycles. The Bertz CT molecular complexity index is 750. The van der Waals surface area contributed by atoms with E-state index in [0.29, 0.717) is 12.4 Å². The van der Waals surface area contributed by atoms with E-state index in [9.17, 15) is 9.59 Å². The summed E-state index contributed by atoms with van der Waals surface area (Å²) in [6, 6.07) is 7.63. The van der Waals surface area contributed by atoms with Gasteiger partial charge in [-0.3, -0.25) is 9.59 Å². The maximum Gasteiger partial charge on any atom is 0.310 e. The molecule has 3 rings (SSSR count). The molecule has 0 saturated carbocycles. The number of thiazole rings is 1. The summed E-state index contributed by atoms with van der Waals surface area (Å²) in [4.78, 5) is 27.8. The summed E-state index contributed by atoms with van der Waals surface area (Å²) >= 11 is 2.68. The molecular formula is C16H17NO4S2. The van der Waals surface area contributed by atoms with Gasteiger partial charge in [0.2, 0.25) is 0 Å². The molecule has 1 aliphatic rings. The van der Waals surface area contributed by atoms with Crippen LogP contribution in [-0.4, -0.2) is 30.4 Å². The number of benzene rings is 1. The second-order valence-electron chi connectivity index (χ2n) is 5.13. The number of fused-ring (bicyclic) bond motifs is 1. The zero-order chi connectivity index (χ0) is 16.4. The molecule has 0 unspecified atom stereocenters. The first-order valence-electron chi connectivity index (χ1n) is 7.30. The number of thioether (sulfide) groups is 1. The predicted molar refractivity (Wildman–Crippen MR) is 90.6 cm³/mol. The normalized spacial score (nSPS) is 19.9. The largest absolute Gasteiger partial charge is 0.497 e. The summed E-state index contributed by atoms with van der Waals surface area (Å²) in [5.74, 6) is 0.670. The third-order valence-corrected chi connectivity index (χ3v) is 6.03. The number of esters is 1. The Balaban J connectivity index is 2.04. The first-order chi connectivity index (χ1) is 11.1. The van der Waals surface area contributed by atoms with Crippen molar-refractivity contribution >= 4 is 29.1 Å². The van der Waals surface area contributed by atoms with Crippen LogP contribution in [0.3, 0.4) is 0 Å². The summed E-state index contributed by atoms with van der Waals surface area (Å²) in [6.07, 6.45) is 0. The van der Waals surface area contributed by atoms with Crippen LogP contribution in [0.25, 0.3) is 0 Å². The van der Waals surface area contributed by atoms with Crippen molar-refractivity contribution in [3.63, 3.8) is 0 Å². The quantitative estimate of drug-likeness (QED) is 0.858. The molecule has 2 atom stereocenters. The molecule has 0 spiro atoms. The van der Waals surface area contributed by atoms with E-state index in [1.807, 2.05) is 24.3 Å². The average Bonchev–Trinajstić information content (AvgIpc) is 2.94. The van der Waals surface area contributed by atoms with Crippen LogP contribution < -0.4 is 9.61 Å². The van der Waals surface area contributed by atoms with E-state index in [-0.39, 0.29) is 22.7 Å². The molecule has 0 bridgehead atoms. The van der Waals surface area contributed by atoms with Crippen LogP contribution in [-0.2, 0) is 9.53 Å². The number of carbonyl (C=O) groups is 1. The summed E-state index contributed by atoms with van der Waals surface area (Å²) in [5.41, 5.74) is 0.987. The fourth-order valence-electron chi connectivity index (χ4n) is 2.74. The van der Waals surface area contributed by atoms with Gasteiger partial charge in [-0.25, -0.2) is 0 Å². The minimum atomic E-state index is -0.299. The monoisotopic (exact) mass is 351 g/mol. The molecule has 2 heterocycles. The number of aromatic nitrogens is 1. The van der Waals surface area contributed by atoms with Crippen molar-refractivity contribution in [2.45, 2.75) is 17.9 Å². The predicted octanol–water partition coefficient (Wildman–Crippen LogP) is 2.86. The lowest BCUT2D eigenvalue weighted by Crippen LogP contribution is -2.29. The van der Waals surface area contributed by atoms with Crippen molar-refractivity contribution in [2.75, 3.05) is 19.5 Å². The number of rotatable bonds is 4. The van der Waals surface area contributed by atoms with Crippen molar-refractivity contribution in [3.8, 4) is 5.75 Å². The van der Waals surface area contributed by atoms with Gasteiger partial charge in [-0.15, -0.1) is 11.8 Å². The molecule has 0 aliphatic carbocycles. The highest BCUT2D eigenvalue weighted by Gasteiger charge is 2.39. The van der Waals surface area contributed by atoms with Gasteiger partial charge >= 0.3 is 10.8 Å². The highest BCUT2D eigenvalue weighted by atomic mass is 32.2. The zero-order valence-electron chi connectivity index (χ0n) is 12.8. The number of nitrogens with one attached hydrogen (secondary N) is 1. The summed E-state index contributed by atoms with van der Waals surface area (Å²) in [6.45, 7) is 2.15. The van der Waals surface area contributed by atoms with Gasteiger partial charge in [-0.2, -0.15) is 0 Å². The molecule has 0 amide bonds. The van der Waals surface area contributed by atoms with Crippen LogP contribution in [0.15, 0.2) is 34.1 Å². The lowest BCUT2D eigenvalue weighted by molar-refractivity contribution is -0.147. The number of hydrogen-bond donors (Lipinski definition) is 1. The van der Waals surface area contributed by atoms with Gasteiger partial charge in [-0.1, -0.05) is 23.5 Å². The van der Waals surface area contributed by atoms with Crippen LogP contribution in [0.5, 0.6) is 5.75 Å². The van der Waals surface area contributed by atoms with Crippen molar-refractivity contribution in [3.05, 3.63) is 44.4 Å². The van der Waals surface area contributed by atoms with Crippen LogP contribution in [0.2, 0.25) is 0 Å². The fraction of sp³-hybridized carbons (Fsp3) is 0.375. The van der Waals surface area contributed by atoms with Gasteiger partial charge in [0.25, 0.3) is 0 Å². The summed E-state index contributed by atoms with van der Waals surface area (Å²) in [7, 11) is 1.61. The lowest BCUT2D eigenvalue weighted by atomic mass is 9.85. The Hall–Kier alpha value is -1.73. The lowest BCUT2D eigenvalue weighted by Gasteiger charge is -2.29. The Morgan fingerprint density at radius 2 is 2.09 bits per heavy atom. The fourth-order valence-corrected chi connectivity index (χ4v) is 5.14. The molecule has 23 heavy (non-hydrogen) atoms. The third kappa shape index (κ3) is 3.16. The molecule has 7 heteroatoms. The number of hydrogen-bond acceptors (Lipinski definition) is 6. The molecule has 1 aromatic carbocycles.